The standard InChI is InChI=1S/C17H25ClN2O4/c1-22-9-10-24-14-5-7-20(8-6-14)12-17(21)19-13-3-4-16(23-2)15(18)11-13/h3-4,11,14H,5-10,12H2,1-2H3,(H,19,21). The molecule has 7 heteroatoms. The number of hydrogen-bond acceptors (Lipinski definition) is 5. The number of piperidine rings is 1. The van der Waals surface area contributed by atoms with Crippen LogP contribution >= 0.6 is 11.6 Å². The molecule has 1 aromatic carbocycles. The minimum Gasteiger partial charge on any atom is -0.495 e. The molecule has 0 bridgehead atoms. The lowest BCUT2D eigenvalue weighted by molar-refractivity contribution is -0.118. The molecule has 1 N–H and O–H groups in total. The Morgan fingerprint density at radius 1 is 1.29 bits per heavy atom. The van der Waals surface area contributed by atoms with Crippen LogP contribution in [0.5, 0.6) is 5.75 Å². The number of carbonyl (C=O) groups excluding carboxylic acids is 1. The molecule has 1 amide bonds. The molecule has 0 unspecified atom stereocenters. The molecule has 2 rings (SSSR count). The molecule has 134 valence electrons. The molecule has 1 aliphatic heterocycles. The second kappa shape index (κ2) is 9.84. The van der Waals surface area contributed by atoms with E-state index in [2.05, 4.69) is 10.2 Å². The lowest BCUT2D eigenvalue weighted by Crippen LogP contribution is -2.41. The smallest absolute Gasteiger partial charge is 0.238 e. The third-order valence-electron chi connectivity index (χ3n) is 3.98. The lowest BCUT2D eigenvalue weighted by Gasteiger charge is -2.31. The van der Waals surface area contributed by atoms with E-state index in [1.807, 2.05) is 0 Å². The van der Waals surface area contributed by atoms with E-state index in [0.29, 0.717) is 36.2 Å². The Morgan fingerprint density at radius 3 is 2.67 bits per heavy atom. The molecule has 0 radical (unpaired) electrons. The SMILES string of the molecule is COCCOC1CCN(CC(=O)Nc2ccc(OC)c(Cl)c2)CC1. The van der Waals surface area contributed by atoms with Crippen LogP contribution in [0.25, 0.3) is 0 Å². The van der Waals surface area contributed by atoms with Gasteiger partial charge in [-0.3, -0.25) is 9.69 Å². The summed E-state index contributed by atoms with van der Waals surface area (Å²) in [6, 6.07) is 5.20. The van der Waals surface area contributed by atoms with Crippen LogP contribution in [-0.4, -0.2) is 64.0 Å². The van der Waals surface area contributed by atoms with Gasteiger partial charge in [-0.1, -0.05) is 11.6 Å². The quantitative estimate of drug-likeness (QED) is 0.725. The first kappa shape index (κ1) is 19.0. The molecule has 1 aliphatic rings. The Kier molecular flexibility index (Phi) is 7.78. The fourth-order valence-electron chi connectivity index (χ4n) is 2.68. The summed E-state index contributed by atoms with van der Waals surface area (Å²) in [7, 11) is 3.22. The molecular formula is C17H25ClN2O4. The van der Waals surface area contributed by atoms with Crippen molar-refractivity contribution in [3.05, 3.63) is 23.2 Å². The van der Waals surface area contributed by atoms with Crippen LogP contribution in [0.2, 0.25) is 5.02 Å². The molecule has 1 aromatic rings. The van der Waals surface area contributed by atoms with Crippen molar-refractivity contribution in [2.75, 3.05) is 52.4 Å². The van der Waals surface area contributed by atoms with Gasteiger partial charge in [-0.2, -0.15) is 0 Å². The van der Waals surface area contributed by atoms with Crippen molar-refractivity contribution in [3.63, 3.8) is 0 Å². The first-order valence-electron chi connectivity index (χ1n) is 8.08. The van der Waals surface area contributed by atoms with E-state index in [9.17, 15) is 4.79 Å². The number of amides is 1. The van der Waals surface area contributed by atoms with Gasteiger partial charge in [-0.05, 0) is 31.0 Å². The van der Waals surface area contributed by atoms with Gasteiger partial charge in [0, 0.05) is 25.9 Å². The number of benzene rings is 1. The Labute approximate surface area is 148 Å². The number of nitrogens with one attached hydrogen (secondary N) is 1. The Bertz CT molecular complexity index is 533. The van der Waals surface area contributed by atoms with Gasteiger partial charge in [0.2, 0.25) is 5.91 Å². The molecule has 6 nitrogen and oxygen atoms in total. The maximum Gasteiger partial charge on any atom is 0.238 e. The van der Waals surface area contributed by atoms with Crippen LogP contribution in [-0.2, 0) is 14.3 Å². The topological polar surface area (TPSA) is 60.0 Å². The molecule has 0 spiro atoms. The highest BCUT2D eigenvalue weighted by atomic mass is 35.5. The minimum atomic E-state index is -0.0463. The van der Waals surface area contributed by atoms with E-state index in [-0.39, 0.29) is 12.0 Å². The number of methoxy groups -OCH3 is 2. The Hall–Kier alpha value is -1.34. The maximum absolute atomic E-state index is 12.2. The average Bonchev–Trinajstić information content (AvgIpc) is 2.57. The third kappa shape index (κ3) is 5.94. The van der Waals surface area contributed by atoms with E-state index >= 15 is 0 Å². The molecular weight excluding hydrogens is 332 g/mol. The Balaban J connectivity index is 1.72. The van der Waals surface area contributed by atoms with E-state index in [4.69, 9.17) is 25.8 Å². The normalized spacial score (nSPS) is 16.1. The first-order valence-corrected chi connectivity index (χ1v) is 8.46. The van der Waals surface area contributed by atoms with Crippen molar-refractivity contribution in [1.82, 2.24) is 4.90 Å². The van der Waals surface area contributed by atoms with Crippen molar-refractivity contribution >= 4 is 23.2 Å². The number of ether oxygens (including phenoxy) is 3. The predicted molar refractivity (Wildman–Crippen MR) is 93.9 cm³/mol. The van der Waals surface area contributed by atoms with Gasteiger partial charge >= 0.3 is 0 Å². The van der Waals surface area contributed by atoms with E-state index < -0.39 is 0 Å². The van der Waals surface area contributed by atoms with Crippen LogP contribution in [0.4, 0.5) is 5.69 Å². The summed E-state index contributed by atoms with van der Waals surface area (Å²) in [4.78, 5) is 14.3. The molecule has 0 aromatic heterocycles. The van der Waals surface area contributed by atoms with Gasteiger partial charge in [-0.15, -0.1) is 0 Å². The fraction of sp³-hybridized carbons (Fsp3) is 0.588. The van der Waals surface area contributed by atoms with Crippen LogP contribution < -0.4 is 10.1 Å². The van der Waals surface area contributed by atoms with Gasteiger partial charge < -0.3 is 19.5 Å². The molecule has 24 heavy (non-hydrogen) atoms. The van der Waals surface area contributed by atoms with Crippen LogP contribution in [0.3, 0.4) is 0 Å². The summed E-state index contributed by atoms with van der Waals surface area (Å²) in [6.07, 6.45) is 2.14. The number of likely N-dealkylation sites (tertiary alicyclic amines) is 1. The number of anilines is 1. The highest BCUT2D eigenvalue weighted by molar-refractivity contribution is 6.32. The van der Waals surface area contributed by atoms with Crippen molar-refractivity contribution in [3.8, 4) is 5.75 Å². The number of halogens is 1. The second-order valence-electron chi connectivity index (χ2n) is 5.74. The van der Waals surface area contributed by atoms with Gasteiger partial charge in [0.05, 0.1) is 38.0 Å². The molecule has 0 aliphatic carbocycles. The zero-order valence-corrected chi connectivity index (χ0v) is 15.0. The lowest BCUT2D eigenvalue weighted by atomic mass is 10.1. The van der Waals surface area contributed by atoms with E-state index in [1.54, 1.807) is 32.4 Å². The Morgan fingerprint density at radius 2 is 2.04 bits per heavy atom. The van der Waals surface area contributed by atoms with Crippen molar-refractivity contribution in [2.24, 2.45) is 0 Å². The monoisotopic (exact) mass is 356 g/mol. The number of hydrogen-bond donors (Lipinski definition) is 1. The summed E-state index contributed by atoms with van der Waals surface area (Å²) in [6.45, 7) is 3.32. The third-order valence-corrected chi connectivity index (χ3v) is 4.27. The molecule has 1 saturated heterocycles. The zero-order valence-electron chi connectivity index (χ0n) is 14.2. The van der Waals surface area contributed by atoms with Crippen molar-refractivity contribution in [1.29, 1.82) is 0 Å². The average molecular weight is 357 g/mol. The van der Waals surface area contributed by atoms with Crippen LogP contribution in [0, 0.1) is 0 Å². The summed E-state index contributed by atoms with van der Waals surface area (Å²) >= 11 is 6.06. The van der Waals surface area contributed by atoms with Crippen LogP contribution in [0.1, 0.15) is 12.8 Å². The number of nitrogens with zero attached hydrogens (tertiary/aromatic N) is 1. The van der Waals surface area contributed by atoms with E-state index in [0.717, 1.165) is 25.9 Å². The predicted octanol–water partition coefficient (Wildman–Crippen LogP) is 2.41. The molecule has 0 saturated carbocycles. The van der Waals surface area contributed by atoms with Gasteiger partial charge in [0.15, 0.2) is 0 Å². The summed E-state index contributed by atoms with van der Waals surface area (Å²) in [5, 5.41) is 3.34. The van der Waals surface area contributed by atoms with Crippen LogP contribution in [0.15, 0.2) is 18.2 Å². The highest BCUT2D eigenvalue weighted by Crippen LogP contribution is 2.27. The second-order valence-corrected chi connectivity index (χ2v) is 6.14. The highest BCUT2D eigenvalue weighted by Gasteiger charge is 2.21. The maximum atomic E-state index is 12.2. The summed E-state index contributed by atoms with van der Waals surface area (Å²) in [5.41, 5.74) is 0.670. The van der Waals surface area contributed by atoms with E-state index in [1.165, 1.54) is 0 Å². The fourth-order valence-corrected chi connectivity index (χ4v) is 2.94. The molecule has 0 atom stereocenters. The van der Waals surface area contributed by atoms with Gasteiger partial charge in [-0.25, -0.2) is 0 Å². The first-order chi connectivity index (χ1) is 11.6. The van der Waals surface area contributed by atoms with Crippen molar-refractivity contribution in [2.45, 2.75) is 18.9 Å². The summed E-state index contributed by atoms with van der Waals surface area (Å²) in [5.74, 6) is 0.542. The van der Waals surface area contributed by atoms with Crippen molar-refractivity contribution < 1.29 is 19.0 Å². The van der Waals surface area contributed by atoms with Gasteiger partial charge in [0.1, 0.15) is 5.75 Å². The van der Waals surface area contributed by atoms with Gasteiger partial charge in [0.25, 0.3) is 0 Å². The largest absolute Gasteiger partial charge is 0.495 e. The minimum absolute atomic E-state index is 0.0463. The number of rotatable bonds is 8. The zero-order chi connectivity index (χ0) is 17.4. The summed E-state index contributed by atoms with van der Waals surface area (Å²) < 4.78 is 15.8. The molecule has 1 fully saturated rings. The molecule has 1 heterocycles. The number of carbonyl (C=O) groups is 1.